The topological polar surface area (TPSA) is 87.0 Å². The highest BCUT2D eigenvalue weighted by Crippen LogP contribution is 2.32. The zero-order chi connectivity index (χ0) is 20.2. The van der Waals surface area contributed by atoms with E-state index in [0.29, 0.717) is 41.7 Å². The number of ether oxygens (including phenoxy) is 3. The van der Waals surface area contributed by atoms with Crippen molar-refractivity contribution in [3.8, 4) is 17.2 Å². The Bertz CT molecular complexity index is 1100. The van der Waals surface area contributed by atoms with E-state index in [0.717, 1.165) is 23.8 Å². The first-order chi connectivity index (χ1) is 14.1. The molecule has 1 amide bonds. The fourth-order valence-corrected chi connectivity index (χ4v) is 3.18. The van der Waals surface area contributed by atoms with Crippen LogP contribution in [-0.2, 0) is 11.2 Å². The van der Waals surface area contributed by atoms with Crippen LogP contribution in [0.5, 0.6) is 17.2 Å². The van der Waals surface area contributed by atoms with Gasteiger partial charge in [-0.15, -0.1) is 0 Å². The van der Waals surface area contributed by atoms with Gasteiger partial charge in [-0.2, -0.15) is 0 Å². The molecular formula is C22H21NO6. The maximum Gasteiger partial charge on any atom is 0.336 e. The molecule has 1 aliphatic heterocycles. The van der Waals surface area contributed by atoms with Gasteiger partial charge in [0.05, 0.1) is 13.2 Å². The van der Waals surface area contributed by atoms with Gasteiger partial charge in [0, 0.05) is 35.7 Å². The average molecular weight is 395 g/mol. The summed E-state index contributed by atoms with van der Waals surface area (Å²) in [5, 5.41) is 3.63. The molecule has 0 aliphatic carbocycles. The van der Waals surface area contributed by atoms with Gasteiger partial charge in [-0.25, -0.2) is 4.79 Å². The zero-order valence-electron chi connectivity index (χ0n) is 16.0. The minimum Gasteiger partial charge on any atom is -0.490 e. The third-order valence-corrected chi connectivity index (χ3v) is 4.58. The monoisotopic (exact) mass is 395 g/mol. The zero-order valence-corrected chi connectivity index (χ0v) is 16.0. The summed E-state index contributed by atoms with van der Waals surface area (Å²) in [6, 6.07) is 11.9. The second-order valence-corrected chi connectivity index (χ2v) is 6.65. The van der Waals surface area contributed by atoms with E-state index in [2.05, 4.69) is 5.32 Å². The van der Waals surface area contributed by atoms with Crippen molar-refractivity contribution in [3.05, 3.63) is 58.4 Å². The van der Waals surface area contributed by atoms with Gasteiger partial charge in [0.1, 0.15) is 11.3 Å². The van der Waals surface area contributed by atoms with Gasteiger partial charge in [0.2, 0.25) is 0 Å². The van der Waals surface area contributed by atoms with Crippen molar-refractivity contribution < 1.29 is 23.4 Å². The predicted molar refractivity (Wildman–Crippen MR) is 108 cm³/mol. The number of rotatable bonds is 5. The van der Waals surface area contributed by atoms with Crippen LogP contribution in [0.2, 0.25) is 0 Å². The van der Waals surface area contributed by atoms with Crippen LogP contribution < -0.4 is 25.2 Å². The summed E-state index contributed by atoms with van der Waals surface area (Å²) in [4.78, 5) is 23.9. The summed E-state index contributed by atoms with van der Waals surface area (Å²) in [5.41, 5.74) is 1.55. The van der Waals surface area contributed by atoms with Crippen LogP contribution in [0.3, 0.4) is 0 Å². The van der Waals surface area contributed by atoms with Crippen molar-refractivity contribution in [1.29, 1.82) is 0 Å². The largest absolute Gasteiger partial charge is 0.490 e. The van der Waals surface area contributed by atoms with Crippen molar-refractivity contribution >= 4 is 22.6 Å². The van der Waals surface area contributed by atoms with E-state index in [1.807, 2.05) is 13.0 Å². The van der Waals surface area contributed by atoms with E-state index in [1.54, 1.807) is 30.3 Å². The van der Waals surface area contributed by atoms with E-state index in [-0.39, 0.29) is 12.5 Å². The average Bonchev–Trinajstić information content (AvgIpc) is 2.96. The second kappa shape index (κ2) is 8.26. The molecular weight excluding hydrogens is 374 g/mol. The smallest absolute Gasteiger partial charge is 0.336 e. The molecule has 1 N–H and O–H groups in total. The highest BCUT2D eigenvalue weighted by atomic mass is 16.5. The summed E-state index contributed by atoms with van der Waals surface area (Å²) in [5.74, 6) is 1.41. The molecule has 3 aromatic rings. The number of aryl methyl sites for hydroxylation is 1. The molecule has 150 valence electrons. The number of carbonyl (C=O) groups is 1. The Kier molecular flexibility index (Phi) is 5.37. The van der Waals surface area contributed by atoms with Crippen LogP contribution in [0.1, 0.15) is 18.9 Å². The van der Waals surface area contributed by atoms with Crippen molar-refractivity contribution in [3.63, 3.8) is 0 Å². The molecule has 0 fully saturated rings. The van der Waals surface area contributed by atoms with Crippen molar-refractivity contribution in [2.75, 3.05) is 25.1 Å². The molecule has 29 heavy (non-hydrogen) atoms. The maximum absolute atomic E-state index is 12.3. The molecule has 2 heterocycles. The molecule has 0 radical (unpaired) electrons. The van der Waals surface area contributed by atoms with Gasteiger partial charge >= 0.3 is 5.63 Å². The minimum atomic E-state index is -0.404. The Balaban J connectivity index is 1.42. The number of hydrogen-bond acceptors (Lipinski definition) is 6. The van der Waals surface area contributed by atoms with Crippen LogP contribution >= 0.6 is 0 Å². The van der Waals surface area contributed by atoms with E-state index in [1.165, 1.54) is 6.07 Å². The molecule has 7 nitrogen and oxygen atoms in total. The van der Waals surface area contributed by atoms with E-state index in [4.69, 9.17) is 18.6 Å². The van der Waals surface area contributed by atoms with Crippen LogP contribution in [0.4, 0.5) is 5.69 Å². The normalized spacial score (nSPS) is 13.0. The lowest BCUT2D eigenvalue weighted by Crippen LogP contribution is -2.20. The molecule has 0 spiro atoms. The van der Waals surface area contributed by atoms with Crippen LogP contribution in [-0.4, -0.2) is 25.7 Å². The van der Waals surface area contributed by atoms with Crippen LogP contribution in [0.15, 0.2) is 51.7 Å². The van der Waals surface area contributed by atoms with Crippen LogP contribution in [0.25, 0.3) is 11.0 Å². The van der Waals surface area contributed by atoms with Gasteiger partial charge in [-0.05, 0) is 36.2 Å². The van der Waals surface area contributed by atoms with Crippen molar-refractivity contribution in [2.24, 2.45) is 0 Å². The molecule has 0 bridgehead atoms. The lowest BCUT2D eigenvalue weighted by atomic mass is 10.1. The fraction of sp³-hybridized carbons (Fsp3) is 0.273. The van der Waals surface area contributed by atoms with Gasteiger partial charge in [0.25, 0.3) is 5.91 Å². The lowest BCUT2D eigenvalue weighted by Gasteiger charge is -2.11. The predicted octanol–water partition coefficient (Wildman–Crippen LogP) is 3.53. The molecule has 0 unspecified atom stereocenters. The van der Waals surface area contributed by atoms with Gasteiger partial charge in [0.15, 0.2) is 18.1 Å². The van der Waals surface area contributed by atoms with E-state index >= 15 is 0 Å². The Morgan fingerprint density at radius 3 is 2.72 bits per heavy atom. The maximum atomic E-state index is 12.3. The lowest BCUT2D eigenvalue weighted by molar-refractivity contribution is -0.118. The molecule has 0 saturated carbocycles. The van der Waals surface area contributed by atoms with E-state index < -0.39 is 5.63 Å². The standard InChI is InChI=1S/C22H21NO6/c1-2-14-10-22(25)29-19-12-16(5-6-17(14)19)28-13-21(24)23-15-4-7-18-20(11-15)27-9-3-8-26-18/h4-7,10-12H,2-3,8-9,13H2,1H3,(H,23,24). The van der Waals surface area contributed by atoms with Crippen molar-refractivity contribution in [1.82, 2.24) is 0 Å². The molecule has 2 aromatic carbocycles. The Morgan fingerprint density at radius 2 is 1.90 bits per heavy atom. The van der Waals surface area contributed by atoms with Gasteiger partial charge in [-0.1, -0.05) is 6.92 Å². The number of hydrogen-bond donors (Lipinski definition) is 1. The fourth-order valence-electron chi connectivity index (χ4n) is 3.18. The summed E-state index contributed by atoms with van der Waals surface area (Å²) in [6.45, 7) is 2.98. The Morgan fingerprint density at radius 1 is 1.07 bits per heavy atom. The third-order valence-electron chi connectivity index (χ3n) is 4.58. The summed E-state index contributed by atoms with van der Waals surface area (Å²) < 4.78 is 22.0. The summed E-state index contributed by atoms with van der Waals surface area (Å²) >= 11 is 0. The molecule has 4 rings (SSSR count). The highest BCUT2D eigenvalue weighted by Gasteiger charge is 2.12. The van der Waals surface area contributed by atoms with Crippen molar-refractivity contribution in [2.45, 2.75) is 19.8 Å². The number of fused-ring (bicyclic) bond motifs is 2. The Labute approximate surface area is 167 Å². The molecule has 0 atom stereocenters. The number of anilines is 1. The summed E-state index contributed by atoms with van der Waals surface area (Å²) in [7, 11) is 0. The number of nitrogens with one attached hydrogen (secondary N) is 1. The van der Waals surface area contributed by atoms with Gasteiger partial charge < -0.3 is 23.9 Å². The number of carbonyl (C=O) groups excluding carboxylic acids is 1. The van der Waals surface area contributed by atoms with Gasteiger partial charge in [-0.3, -0.25) is 4.79 Å². The van der Waals surface area contributed by atoms with Crippen LogP contribution in [0, 0.1) is 0 Å². The van der Waals surface area contributed by atoms with E-state index in [9.17, 15) is 9.59 Å². The second-order valence-electron chi connectivity index (χ2n) is 6.65. The molecule has 1 aromatic heterocycles. The summed E-state index contributed by atoms with van der Waals surface area (Å²) in [6.07, 6.45) is 1.54. The highest BCUT2D eigenvalue weighted by molar-refractivity contribution is 5.92. The number of amides is 1. The SMILES string of the molecule is CCc1cc(=O)oc2cc(OCC(=O)Nc3ccc4c(c3)OCCCO4)ccc12. The molecule has 7 heteroatoms. The first-order valence-corrected chi connectivity index (χ1v) is 9.51. The first kappa shape index (κ1) is 18.9. The molecule has 0 saturated heterocycles. The quantitative estimate of drug-likeness (QED) is 0.665. The minimum absolute atomic E-state index is 0.183. The molecule has 1 aliphatic rings. The number of benzene rings is 2. The third kappa shape index (κ3) is 4.34. The first-order valence-electron chi connectivity index (χ1n) is 9.51. The Hall–Kier alpha value is -3.48.